The van der Waals surface area contributed by atoms with Crippen molar-refractivity contribution in [3.05, 3.63) is 59.2 Å². The Bertz CT molecular complexity index is 675. The molecule has 2 rings (SSSR count). The van der Waals surface area contributed by atoms with Crippen LogP contribution in [0.2, 0.25) is 0 Å². The highest BCUT2D eigenvalue weighted by Crippen LogP contribution is 2.26. The lowest BCUT2D eigenvalue weighted by Crippen LogP contribution is -2.12. The molecule has 2 aromatic carbocycles. The molecule has 3 N–H and O–H groups in total. The van der Waals surface area contributed by atoms with Gasteiger partial charge in [-0.05, 0) is 35.9 Å². The molecule has 0 saturated heterocycles. The van der Waals surface area contributed by atoms with Crippen LogP contribution in [0.1, 0.15) is 15.9 Å². The van der Waals surface area contributed by atoms with Gasteiger partial charge in [0.1, 0.15) is 5.75 Å². The Kier molecular flexibility index (Phi) is 4.37. The van der Waals surface area contributed by atoms with Crippen molar-refractivity contribution in [1.82, 2.24) is 0 Å². The monoisotopic (exact) mass is 292 g/mol. The van der Waals surface area contributed by atoms with Crippen LogP contribution >= 0.6 is 0 Å². The summed E-state index contributed by atoms with van der Waals surface area (Å²) >= 11 is 0. The van der Waals surface area contributed by atoms with Crippen molar-refractivity contribution < 1.29 is 18.3 Å². The smallest absolute Gasteiger partial charge is 0.248 e. The zero-order valence-electron chi connectivity index (χ0n) is 11.3. The Morgan fingerprint density at radius 1 is 1.19 bits per heavy atom. The summed E-state index contributed by atoms with van der Waals surface area (Å²) in [6.45, 7) is 0.246. The van der Waals surface area contributed by atoms with Crippen LogP contribution in [0.3, 0.4) is 0 Å². The Balaban J connectivity index is 2.19. The lowest BCUT2D eigenvalue weighted by atomic mass is 10.1. The highest BCUT2D eigenvalue weighted by atomic mass is 19.2. The van der Waals surface area contributed by atoms with Crippen LogP contribution in [0.25, 0.3) is 0 Å². The fourth-order valence-electron chi connectivity index (χ4n) is 1.85. The summed E-state index contributed by atoms with van der Waals surface area (Å²) in [7, 11) is 1.49. The minimum Gasteiger partial charge on any atom is -0.495 e. The van der Waals surface area contributed by atoms with Gasteiger partial charge in [0.25, 0.3) is 0 Å². The number of hydrogen-bond donors (Lipinski definition) is 2. The van der Waals surface area contributed by atoms with Gasteiger partial charge >= 0.3 is 0 Å². The zero-order chi connectivity index (χ0) is 15.4. The number of halogens is 2. The van der Waals surface area contributed by atoms with E-state index < -0.39 is 17.5 Å². The first kappa shape index (κ1) is 14.8. The molecule has 6 heteroatoms. The van der Waals surface area contributed by atoms with E-state index in [1.165, 1.54) is 13.2 Å². The summed E-state index contributed by atoms with van der Waals surface area (Å²) in [4.78, 5) is 11.2. The van der Waals surface area contributed by atoms with E-state index in [1.54, 1.807) is 18.2 Å². The number of carbonyl (C=O) groups is 1. The molecule has 0 spiro atoms. The quantitative estimate of drug-likeness (QED) is 0.890. The van der Waals surface area contributed by atoms with Gasteiger partial charge in [-0.1, -0.05) is 6.07 Å². The van der Waals surface area contributed by atoms with Crippen LogP contribution in [-0.2, 0) is 6.54 Å². The van der Waals surface area contributed by atoms with Crippen molar-refractivity contribution in [3.63, 3.8) is 0 Å². The van der Waals surface area contributed by atoms with Gasteiger partial charge in [0.2, 0.25) is 5.91 Å². The van der Waals surface area contributed by atoms with Crippen LogP contribution in [0.5, 0.6) is 5.75 Å². The summed E-state index contributed by atoms with van der Waals surface area (Å²) in [5.74, 6) is -1.85. The van der Waals surface area contributed by atoms with Crippen LogP contribution in [0, 0.1) is 11.6 Å². The first-order valence-corrected chi connectivity index (χ1v) is 6.17. The number of amides is 1. The molecule has 0 aliphatic rings. The van der Waals surface area contributed by atoms with Crippen LogP contribution < -0.4 is 15.8 Å². The Morgan fingerprint density at radius 3 is 2.57 bits per heavy atom. The molecule has 0 aromatic heterocycles. The number of carbonyl (C=O) groups excluding carboxylic acids is 1. The normalized spacial score (nSPS) is 10.2. The fraction of sp³-hybridized carbons (Fsp3) is 0.133. The number of anilines is 1. The fourth-order valence-corrected chi connectivity index (χ4v) is 1.85. The van der Waals surface area contributed by atoms with E-state index in [1.807, 2.05) is 0 Å². The summed E-state index contributed by atoms with van der Waals surface area (Å²) in [6, 6.07) is 8.32. The largest absolute Gasteiger partial charge is 0.495 e. The zero-order valence-corrected chi connectivity index (χ0v) is 11.3. The Hall–Kier alpha value is -2.63. The summed E-state index contributed by atoms with van der Waals surface area (Å²) < 4.78 is 31.2. The third kappa shape index (κ3) is 3.47. The van der Waals surface area contributed by atoms with Crippen molar-refractivity contribution in [1.29, 1.82) is 0 Å². The molecular weight excluding hydrogens is 278 g/mol. The lowest BCUT2D eigenvalue weighted by Gasteiger charge is -2.12. The Labute approximate surface area is 120 Å². The van der Waals surface area contributed by atoms with Crippen molar-refractivity contribution in [3.8, 4) is 5.75 Å². The van der Waals surface area contributed by atoms with Crippen molar-refractivity contribution in [2.75, 3.05) is 12.4 Å². The molecule has 0 aliphatic carbocycles. The second kappa shape index (κ2) is 6.21. The topological polar surface area (TPSA) is 64.3 Å². The van der Waals surface area contributed by atoms with E-state index in [0.29, 0.717) is 22.6 Å². The second-order valence-electron chi connectivity index (χ2n) is 4.38. The molecule has 21 heavy (non-hydrogen) atoms. The highest BCUT2D eigenvalue weighted by Gasteiger charge is 2.08. The highest BCUT2D eigenvalue weighted by molar-refractivity contribution is 5.94. The molecule has 2 aromatic rings. The lowest BCUT2D eigenvalue weighted by molar-refractivity contribution is 0.100. The molecule has 0 saturated carbocycles. The third-order valence-corrected chi connectivity index (χ3v) is 2.95. The standard InChI is InChI=1S/C15H14F2N2O2/c1-21-14-5-3-10(15(18)20)7-13(14)19-8-9-2-4-11(16)12(17)6-9/h2-7,19H,8H2,1H3,(H2,18,20). The minimum absolute atomic E-state index is 0.246. The van der Waals surface area contributed by atoms with E-state index in [2.05, 4.69) is 5.32 Å². The van der Waals surface area contributed by atoms with Gasteiger partial charge < -0.3 is 15.8 Å². The maximum Gasteiger partial charge on any atom is 0.248 e. The van der Waals surface area contributed by atoms with E-state index >= 15 is 0 Å². The molecule has 0 bridgehead atoms. The molecule has 110 valence electrons. The third-order valence-electron chi connectivity index (χ3n) is 2.95. The molecule has 0 atom stereocenters. The second-order valence-corrected chi connectivity index (χ2v) is 4.38. The predicted octanol–water partition coefficient (Wildman–Crippen LogP) is 2.68. The minimum atomic E-state index is -0.910. The number of benzene rings is 2. The summed E-state index contributed by atoms with van der Waals surface area (Å²) in [5, 5.41) is 3.00. The molecule has 0 unspecified atom stereocenters. The molecule has 0 heterocycles. The number of ether oxygens (including phenoxy) is 1. The molecular formula is C15H14F2N2O2. The van der Waals surface area contributed by atoms with Crippen molar-refractivity contribution >= 4 is 11.6 Å². The van der Waals surface area contributed by atoms with E-state index in [0.717, 1.165) is 12.1 Å². The van der Waals surface area contributed by atoms with Gasteiger partial charge in [0, 0.05) is 12.1 Å². The molecule has 0 fully saturated rings. The Morgan fingerprint density at radius 2 is 1.95 bits per heavy atom. The number of hydrogen-bond acceptors (Lipinski definition) is 3. The first-order valence-electron chi connectivity index (χ1n) is 6.17. The number of rotatable bonds is 5. The number of nitrogens with two attached hydrogens (primary N) is 1. The van der Waals surface area contributed by atoms with Gasteiger partial charge in [-0.15, -0.1) is 0 Å². The van der Waals surface area contributed by atoms with E-state index in [9.17, 15) is 13.6 Å². The number of nitrogens with one attached hydrogen (secondary N) is 1. The molecule has 0 radical (unpaired) electrons. The molecule has 1 amide bonds. The molecule has 4 nitrogen and oxygen atoms in total. The van der Waals surface area contributed by atoms with Crippen molar-refractivity contribution in [2.24, 2.45) is 5.73 Å². The van der Waals surface area contributed by atoms with Crippen molar-refractivity contribution in [2.45, 2.75) is 6.54 Å². The molecule has 0 aliphatic heterocycles. The maximum atomic E-state index is 13.1. The predicted molar refractivity (Wildman–Crippen MR) is 75.2 cm³/mol. The number of methoxy groups -OCH3 is 1. The first-order chi connectivity index (χ1) is 10.0. The van der Waals surface area contributed by atoms with Gasteiger partial charge in [-0.3, -0.25) is 4.79 Å². The van der Waals surface area contributed by atoms with E-state index in [-0.39, 0.29) is 6.54 Å². The van der Waals surface area contributed by atoms with Crippen LogP contribution in [0.4, 0.5) is 14.5 Å². The van der Waals surface area contributed by atoms with Crippen LogP contribution in [-0.4, -0.2) is 13.0 Å². The number of primary amides is 1. The average molecular weight is 292 g/mol. The van der Waals surface area contributed by atoms with Gasteiger partial charge in [-0.2, -0.15) is 0 Å². The average Bonchev–Trinajstić information content (AvgIpc) is 2.48. The van der Waals surface area contributed by atoms with Crippen LogP contribution in [0.15, 0.2) is 36.4 Å². The van der Waals surface area contributed by atoms with Gasteiger partial charge in [0.15, 0.2) is 11.6 Å². The van der Waals surface area contributed by atoms with Gasteiger partial charge in [0.05, 0.1) is 12.8 Å². The summed E-state index contributed by atoms with van der Waals surface area (Å²) in [6.07, 6.45) is 0. The van der Waals surface area contributed by atoms with Gasteiger partial charge in [-0.25, -0.2) is 8.78 Å². The SMILES string of the molecule is COc1ccc(C(N)=O)cc1NCc1ccc(F)c(F)c1. The summed E-state index contributed by atoms with van der Waals surface area (Å²) in [5.41, 5.74) is 6.64. The van der Waals surface area contributed by atoms with E-state index in [4.69, 9.17) is 10.5 Å². The maximum absolute atomic E-state index is 13.1.